The molecule has 0 unspecified atom stereocenters. The van der Waals surface area contributed by atoms with Crippen molar-refractivity contribution in [2.75, 3.05) is 6.61 Å². The largest absolute Gasteiger partial charge is 0.413 e. The fourth-order valence-electron chi connectivity index (χ4n) is 7.11. The first-order valence-corrected chi connectivity index (χ1v) is 21.6. The van der Waals surface area contributed by atoms with Gasteiger partial charge in [-0.05, 0) is 109 Å². The van der Waals surface area contributed by atoms with Crippen LogP contribution in [-0.2, 0) is 8.85 Å². The van der Waals surface area contributed by atoms with Crippen LogP contribution >= 0.6 is 0 Å². The third kappa shape index (κ3) is 6.96. The first-order valence-electron chi connectivity index (χ1n) is 15.8. The smallest absolute Gasteiger partial charge is 0.192 e. The normalized spacial score (nSPS) is 34.0. The highest BCUT2D eigenvalue weighted by Crippen LogP contribution is 2.59. The first kappa shape index (κ1) is 33.0. The topological polar surface area (TPSA) is 38.7 Å². The molecule has 0 bridgehead atoms. The lowest BCUT2D eigenvalue weighted by molar-refractivity contribution is 0.0690. The van der Waals surface area contributed by atoms with Crippen LogP contribution in [0.1, 0.15) is 100 Å². The number of rotatable bonds is 7. The first-order chi connectivity index (χ1) is 17.7. The summed E-state index contributed by atoms with van der Waals surface area (Å²) in [7, 11) is -3.87. The maximum absolute atomic E-state index is 9.93. The molecule has 0 radical (unpaired) electrons. The molecule has 0 aromatic carbocycles. The van der Waals surface area contributed by atoms with Gasteiger partial charge < -0.3 is 14.0 Å². The molecular formula is C34H62O3Si2. The van der Waals surface area contributed by atoms with Crippen LogP contribution in [0.2, 0.25) is 36.3 Å². The molecule has 6 atom stereocenters. The molecule has 3 aliphatic rings. The molecule has 0 spiro atoms. The Hall–Kier alpha value is -0.466. The second kappa shape index (κ2) is 11.7. The van der Waals surface area contributed by atoms with E-state index in [-0.39, 0.29) is 22.3 Å². The quantitative estimate of drug-likeness (QED) is 0.308. The number of hydrogen-bond donors (Lipinski definition) is 1. The zero-order chi connectivity index (χ0) is 29.6. The number of aliphatic hydroxyl groups excluding tert-OH is 1. The van der Waals surface area contributed by atoms with E-state index in [0.717, 1.165) is 12.8 Å². The van der Waals surface area contributed by atoms with E-state index in [1.54, 1.807) is 5.57 Å². The van der Waals surface area contributed by atoms with Crippen molar-refractivity contribution in [2.24, 2.45) is 23.2 Å². The van der Waals surface area contributed by atoms with Crippen LogP contribution < -0.4 is 0 Å². The van der Waals surface area contributed by atoms with Crippen molar-refractivity contribution in [1.82, 2.24) is 0 Å². The van der Waals surface area contributed by atoms with Crippen LogP contribution in [0.5, 0.6) is 0 Å². The minimum Gasteiger partial charge on any atom is -0.413 e. The van der Waals surface area contributed by atoms with Crippen LogP contribution in [0.25, 0.3) is 0 Å². The molecule has 0 aliphatic heterocycles. The molecule has 224 valence electrons. The van der Waals surface area contributed by atoms with Crippen molar-refractivity contribution in [3.05, 3.63) is 35.5 Å². The van der Waals surface area contributed by atoms with Crippen molar-refractivity contribution >= 4 is 16.6 Å². The maximum atomic E-state index is 9.93. The molecule has 5 heteroatoms. The van der Waals surface area contributed by atoms with E-state index >= 15 is 0 Å². The molecule has 0 aromatic heterocycles. The highest BCUT2D eigenvalue weighted by Gasteiger charge is 2.50. The lowest BCUT2D eigenvalue weighted by atomic mass is 9.61. The fourth-order valence-corrected chi connectivity index (χ4v) is 9.78. The Morgan fingerprint density at radius 1 is 1.00 bits per heavy atom. The predicted octanol–water partition coefficient (Wildman–Crippen LogP) is 9.81. The number of fused-ring (bicyclic) bond motifs is 1. The van der Waals surface area contributed by atoms with Gasteiger partial charge in [-0.3, -0.25) is 0 Å². The number of aliphatic hydroxyl groups is 1. The van der Waals surface area contributed by atoms with Gasteiger partial charge in [-0.25, -0.2) is 0 Å². The van der Waals surface area contributed by atoms with Gasteiger partial charge in [-0.1, -0.05) is 79.7 Å². The van der Waals surface area contributed by atoms with Gasteiger partial charge >= 0.3 is 0 Å². The van der Waals surface area contributed by atoms with E-state index < -0.39 is 16.6 Å². The summed E-state index contributed by atoms with van der Waals surface area (Å²) in [5.74, 6) is 1.65. The highest BCUT2D eigenvalue weighted by molar-refractivity contribution is 6.74. The average Bonchev–Trinajstić information content (AvgIpc) is 3.15. The van der Waals surface area contributed by atoms with Gasteiger partial charge in [0.05, 0.1) is 12.2 Å². The Bertz CT molecular complexity index is 948. The average molecular weight is 575 g/mol. The summed E-state index contributed by atoms with van der Waals surface area (Å²) in [6.07, 6.45) is 13.2. The second-order valence-corrected chi connectivity index (χ2v) is 26.0. The summed E-state index contributed by atoms with van der Waals surface area (Å²) in [5.41, 5.74) is 4.43. The zero-order valence-electron chi connectivity index (χ0n) is 27.7. The van der Waals surface area contributed by atoms with Crippen molar-refractivity contribution in [1.29, 1.82) is 0 Å². The van der Waals surface area contributed by atoms with Crippen molar-refractivity contribution in [2.45, 2.75) is 149 Å². The molecule has 0 heterocycles. The van der Waals surface area contributed by atoms with Gasteiger partial charge in [0.25, 0.3) is 0 Å². The summed E-state index contributed by atoms with van der Waals surface area (Å²) in [5, 5.41) is 10.3. The van der Waals surface area contributed by atoms with Crippen LogP contribution in [0.15, 0.2) is 35.5 Å². The minimum absolute atomic E-state index is 0.0250. The molecule has 3 rings (SSSR count). The maximum Gasteiger partial charge on any atom is 0.192 e. The van der Waals surface area contributed by atoms with Crippen molar-refractivity contribution in [3.63, 3.8) is 0 Å². The van der Waals surface area contributed by atoms with Gasteiger partial charge in [0, 0.05) is 13.0 Å². The second-order valence-electron chi connectivity index (χ2n) is 16.5. The van der Waals surface area contributed by atoms with Gasteiger partial charge in [-0.2, -0.15) is 0 Å². The van der Waals surface area contributed by atoms with E-state index in [0.29, 0.717) is 29.8 Å². The van der Waals surface area contributed by atoms with Gasteiger partial charge in [0.2, 0.25) is 0 Å². The van der Waals surface area contributed by atoms with E-state index in [1.807, 2.05) is 0 Å². The number of allylic oxidation sites excluding steroid dienone is 3. The van der Waals surface area contributed by atoms with Crippen LogP contribution in [0, 0.1) is 23.2 Å². The summed E-state index contributed by atoms with van der Waals surface area (Å²) >= 11 is 0. The molecule has 0 saturated heterocycles. The Morgan fingerprint density at radius 2 is 1.59 bits per heavy atom. The van der Waals surface area contributed by atoms with Crippen LogP contribution in [0.3, 0.4) is 0 Å². The Labute approximate surface area is 244 Å². The SMILES string of the molecule is C=C1C(=CC=C2CCC[C@]3(C)[C@@H]([C@H](C)CO)CC[C@@H]23)C[C@@H](O[Si](C)(C)C(C)(C)C)C[C@@H]1O[Si](C)(C)C(C)(C)C. The highest BCUT2D eigenvalue weighted by atomic mass is 28.4. The molecule has 3 aliphatic carbocycles. The molecular weight excluding hydrogens is 513 g/mol. The summed E-state index contributed by atoms with van der Waals surface area (Å²) < 4.78 is 14.1. The molecule has 1 N–H and O–H groups in total. The standard InChI is InChI=1S/C34H62O3Si2/c1-24(23-35)29-18-19-30-26(15-14-20-34(29,30)9)16-17-27-21-28(36-38(10,11)32(3,4)5)22-31(25(27)2)37-39(12,13)33(6,7)8/h16-17,24,28-31,35H,2,14-15,18-23H2,1,3-13H3/t24-,28-,29-,30+,31+,34-/m1/s1. The predicted molar refractivity (Wildman–Crippen MR) is 173 cm³/mol. The molecule has 3 saturated carbocycles. The molecule has 39 heavy (non-hydrogen) atoms. The van der Waals surface area contributed by atoms with E-state index in [4.69, 9.17) is 8.85 Å². The van der Waals surface area contributed by atoms with Crippen LogP contribution in [0.4, 0.5) is 0 Å². The lowest BCUT2D eigenvalue weighted by Gasteiger charge is -2.45. The number of hydrogen-bond acceptors (Lipinski definition) is 3. The minimum atomic E-state index is -1.96. The van der Waals surface area contributed by atoms with E-state index in [9.17, 15) is 5.11 Å². The Kier molecular flexibility index (Phi) is 9.88. The van der Waals surface area contributed by atoms with E-state index in [2.05, 4.69) is 100 Å². The Morgan fingerprint density at radius 3 is 2.15 bits per heavy atom. The van der Waals surface area contributed by atoms with Gasteiger partial charge in [0.15, 0.2) is 16.6 Å². The lowest BCUT2D eigenvalue weighted by Crippen LogP contribution is -2.49. The Balaban J connectivity index is 1.93. The molecule has 3 fully saturated rings. The zero-order valence-corrected chi connectivity index (χ0v) is 29.7. The third-order valence-corrected chi connectivity index (χ3v) is 20.8. The van der Waals surface area contributed by atoms with Crippen LogP contribution in [-0.4, -0.2) is 40.6 Å². The molecule has 3 nitrogen and oxygen atoms in total. The summed E-state index contributed by atoms with van der Waals surface area (Å²) in [6.45, 7) is 33.1. The van der Waals surface area contributed by atoms with Crippen molar-refractivity contribution in [3.8, 4) is 0 Å². The van der Waals surface area contributed by atoms with E-state index in [1.165, 1.54) is 43.3 Å². The summed E-state index contributed by atoms with van der Waals surface area (Å²) in [6, 6.07) is 0. The van der Waals surface area contributed by atoms with Crippen molar-refractivity contribution < 1.29 is 14.0 Å². The molecule has 0 aromatic rings. The fraction of sp³-hybridized carbons (Fsp3) is 0.824. The van der Waals surface area contributed by atoms with Gasteiger partial charge in [-0.15, -0.1) is 0 Å². The molecule has 0 amide bonds. The monoisotopic (exact) mass is 574 g/mol. The van der Waals surface area contributed by atoms with Gasteiger partial charge in [0.1, 0.15) is 0 Å². The third-order valence-electron chi connectivity index (χ3n) is 11.7. The summed E-state index contributed by atoms with van der Waals surface area (Å²) in [4.78, 5) is 0.